The molecule has 0 spiro atoms. The van der Waals surface area contributed by atoms with E-state index in [1.807, 2.05) is 27.8 Å². The molecule has 0 saturated carbocycles. The van der Waals surface area contributed by atoms with Crippen LogP contribution in [0.2, 0.25) is 0 Å². The maximum atomic E-state index is 11.3. The molecule has 0 aromatic heterocycles. The smallest absolute Gasteiger partial charge is 0.323 e. The Kier molecular flexibility index (Phi) is 6.49. The maximum Gasteiger partial charge on any atom is 0.323 e. The molecular formula is C10H22N2O2. The van der Waals surface area contributed by atoms with E-state index in [4.69, 9.17) is 10.5 Å². The summed E-state index contributed by atoms with van der Waals surface area (Å²) in [4.78, 5) is 11.3. The number of carbonyl (C=O) groups is 1. The van der Waals surface area contributed by atoms with Crippen LogP contribution in [0.1, 0.15) is 27.2 Å². The summed E-state index contributed by atoms with van der Waals surface area (Å²) >= 11 is 0. The van der Waals surface area contributed by atoms with Crippen LogP contribution in [0.15, 0.2) is 0 Å². The Labute approximate surface area is 86.2 Å². The van der Waals surface area contributed by atoms with Gasteiger partial charge in [0.25, 0.3) is 0 Å². The third-order valence-corrected chi connectivity index (χ3v) is 2.32. The molecule has 0 aliphatic carbocycles. The highest BCUT2D eigenvalue weighted by atomic mass is 16.5. The quantitative estimate of drug-likeness (QED) is 0.616. The average molecular weight is 202 g/mol. The van der Waals surface area contributed by atoms with Gasteiger partial charge in [0.15, 0.2) is 0 Å². The molecule has 2 atom stereocenters. The molecule has 0 aromatic carbocycles. The van der Waals surface area contributed by atoms with Gasteiger partial charge in [0, 0.05) is 6.04 Å². The maximum absolute atomic E-state index is 11.3. The molecule has 0 aromatic rings. The van der Waals surface area contributed by atoms with Gasteiger partial charge in [-0.05, 0) is 19.4 Å². The van der Waals surface area contributed by atoms with Gasteiger partial charge in [0.2, 0.25) is 0 Å². The molecule has 0 bridgehead atoms. The summed E-state index contributed by atoms with van der Waals surface area (Å²) < 4.78 is 5.08. The Morgan fingerprint density at radius 3 is 2.43 bits per heavy atom. The third-order valence-electron chi connectivity index (χ3n) is 2.32. The minimum absolute atomic E-state index is 0.122. The highest BCUT2D eigenvalue weighted by molar-refractivity contribution is 5.75. The summed E-state index contributed by atoms with van der Waals surface area (Å²) in [5.41, 5.74) is 5.63. The molecule has 0 fully saturated rings. The lowest BCUT2D eigenvalue weighted by Gasteiger charge is -2.18. The Morgan fingerprint density at radius 2 is 2.07 bits per heavy atom. The molecule has 0 unspecified atom stereocenters. The molecule has 0 rings (SSSR count). The fourth-order valence-electron chi connectivity index (χ4n) is 0.956. The van der Waals surface area contributed by atoms with E-state index in [1.54, 1.807) is 0 Å². The van der Waals surface area contributed by atoms with Crippen LogP contribution in [0.25, 0.3) is 0 Å². The molecule has 4 heteroatoms. The minimum atomic E-state index is -0.510. The number of carbonyl (C=O) groups excluding carboxylic acids is 1. The van der Waals surface area contributed by atoms with Crippen LogP contribution in [0.3, 0.4) is 0 Å². The molecule has 0 aliphatic rings. The number of hydrogen-bond donors (Lipinski definition) is 2. The third kappa shape index (κ3) is 4.58. The molecule has 0 aliphatic heterocycles. The summed E-state index contributed by atoms with van der Waals surface area (Å²) in [6, 6.07) is -0.289. The zero-order chi connectivity index (χ0) is 11.1. The lowest BCUT2D eigenvalue weighted by Crippen LogP contribution is -2.39. The molecule has 0 saturated heterocycles. The zero-order valence-electron chi connectivity index (χ0n) is 9.54. The number of ether oxygens (including phenoxy) is 1. The number of nitrogens with one attached hydrogen (secondary N) is 1. The highest BCUT2D eigenvalue weighted by Crippen LogP contribution is 2.01. The first-order valence-electron chi connectivity index (χ1n) is 5.12. The lowest BCUT2D eigenvalue weighted by atomic mass is 10.1. The van der Waals surface area contributed by atoms with Crippen molar-refractivity contribution in [3.8, 4) is 0 Å². The number of esters is 1. The van der Waals surface area contributed by atoms with Crippen molar-refractivity contribution in [2.75, 3.05) is 13.7 Å². The van der Waals surface area contributed by atoms with Crippen molar-refractivity contribution in [2.24, 2.45) is 11.7 Å². The van der Waals surface area contributed by atoms with Gasteiger partial charge in [0.1, 0.15) is 12.6 Å². The van der Waals surface area contributed by atoms with Crippen molar-refractivity contribution in [2.45, 2.75) is 39.3 Å². The summed E-state index contributed by atoms with van der Waals surface area (Å²) in [6.45, 7) is 6.24. The van der Waals surface area contributed by atoms with Crippen LogP contribution in [-0.4, -0.2) is 31.7 Å². The second kappa shape index (κ2) is 6.79. The molecule has 14 heavy (non-hydrogen) atoms. The highest BCUT2D eigenvalue weighted by Gasteiger charge is 2.19. The Bertz CT molecular complexity index is 168. The fourth-order valence-corrected chi connectivity index (χ4v) is 0.956. The SMILES string of the molecule is CC[C@H](COC(=O)[C@@H](N)C(C)C)NC. The number of likely N-dealkylation sites (N-methyl/N-ethyl adjacent to an activating group) is 1. The van der Waals surface area contributed by atoms with Crippen LogP contribution in [0.4, 0.5) is 0 Å². The van der Waals surface area contributed by atoms with Gasteiger partial charge in [-0.2, -0.15) is 0 Å². The van der Waals surface area contributed by atoms with Gasteiger partial charge in [0.05, 0.1) is 0 Å². The van der Waals surface area contributed by atoms with Gasteiger partial charge < -0.3 is 15.8 Å². The van der Waals surface area contributed by atoms with Crippen molar-refractivity contribution in [3.05, 3.63) is 0 Å². The topological polar surface area (TPSA) is 64.3 Å². The molecule has 0 radical (unpaired) electrons. The normalized spacial score (nSPS) is 15.3. The molecular weight excluding hydrogens is 180 g/mol. The van der Waals surface area contributed by atoms with Gasteiger partial charge in [-0.25, -0.2) is 0 Å². The monoisotopic (exact) mass is 202 g/mol. The average Bonchev–Trinajstić information content (AvgIpc) is 2.17. The molecule has 4 nitrogen and oxygen atoms in total. The van der Waals surface area contributed by atoms with Crippen LogP contribution < -0.4 is 11.1 Å². The molecule has 3 N–H and O–H groups in total. The van der Waals surface area contributed by atoms with Crippen molar-refractivity contribution >= 4 is 5.97 Å². The van der Waals surface area contributed by atoms with E-state index in [0.29, 0.717) is 6.61 Å². The van der Waals surface area contributed by atoms with Crippen LogP contribution in [-0.2, 0) is 9.53 Å². The predicted octanol–water partition coefficient (Wildman–Crippen LogP) is 0.511. The molecule has 0 amide bonds. The Hall–Kier alpha value is -0.610. The summed E-state index contributed by atoms with van der Waals surface area (Å²) in [6.07, 6.45) is 0.931. The van der Waals surface area contributed by atoms with Crippen molar-refractivity contribution in [1.29, 1.82) is 0 Å². The van der Waals surface area contributed by atoms with Crippen molar-refractivity contribution in [3.63, 3.8) is 0 Å². The molecule has 84 valence electrons. The van der Waals surface area contributed by atoms with E-state index < -0.39 is 6.04 Å². The predicted molar refractivity (Wildman–Crippen MR) is 56.9 cm³/mol. The number of rotatable bonds is 6. The van der Waals surface area contributed by atoms with E-state index in [1.165, 1.54) is 0 Å². The number of hydrogen-bond acceptors (Lipinski definition) is 4. The number of nitrogens with two attached hydrogens (primary N) is 1. The first-order valence-corrected chi connectivity index (χ1v) is 5.12. The van der Waals surface area contributed by atoms with E-state index >= 15 is 0 Å². The summed E-state index contributed by atoms with van der Waals surface area (Å²) in [5.74, 6) is -0.189. The summed E-state index contributed by atoms with van der Waals surface area (Å²) in [5, 5.41) is 3.06. The van der Waals surface area contributed by atoms with Crippen LogP contribution >= 0.6 is 0 Å². The van der Waals surface area contributed by atoms with Crippen molar-refractivity contribution < 1.29 is 9.53 Å². The largest absolute Gasteiger partial charge is 0.463 e. The van der Waals surface area contributed by atoms with Gasteiger partial charge in [-0.1, -0.05) is 20.8 Å². The first kappa shape index (κ1) is 13.4. The van der Waals surface area contributed by atoms with Crippen molar-refractivity contribution in [1.82, 2.24) is 5.32 Å². The Morgan fingerprint density at radius 1 is 1.50 bits per heavy atom. The van der Waals surface area contributed by atoms with E-state index in [2.05, 4.69) is 5.32 Å². The van der Waals surface area contributed by atoms with Crippen LogP contribution in [0, 0.1) is 5.92 Å². The van der Waals surface area contributed by atoms with E-state index in [-0.39, 0.29) is 17.9 Å². The zero-order valence-corrected chi connectivity index (χ0v) is 9.54. The standard InChI is InChI=1S/C10H22N2O2/c1-5-8(12-4)6-14-10(13)9(11)7(2)3/h7-9,12H,5-6,11H2,1-4H3/t8-,9+/m1/s1. The molecule has 0 heterocycles. The Balaban J connectivity index is 3.83. The minimum Gasteiger partial charge on any atom is -0.463 e. The van der Waals surface area contributed by atoms with Gasteiger partial charge in [-0.15, -0.1) is 0 Å². The van der Waals surface area contributed by atoms with Gasteiger partial charge in [-0.3, -0.25) is 4.79 Å². The second-order valence-electron chi connectivity index (χ2n) is 3.79. The van der Waals surface area contributed by atoms with E-state index in [0.717, 1.165) is 6.42 Å². The van der Waals surface area contributed by atoms with Gasteiger partial charge >= 0.3 is 5.97 Å². The fraction of sp³-hybridized carbons (Fsp3) is 0.900. The second-order valence-corrected chi connectivity index (χ2v) is 3.79. The lowest BCUT2D eigenvalue weighted by molar-refractivity contribution is -0.147. The van der Waals surface area contributed by atoms with E-state index in [9.17, 15) is 4.79 Å². The summed E-state index contributed by atoms with van der Waals surface area (Å²) in [7, 11) is 1.85. The van der Waals surface area contributed by atoms with Crippen LogP contribution in [0.5, 0.6) is 0 Å². The first-order chi connectivity index (χ1) is 6.52.